The Balaban J connectivity index is 1.82. The van der Waals surface area contributed by atoms with E-state index >= 15 is 0 Å². The summed E-state index contributed by atoms with van der Waals surface area (Å²) in [5.74, 6) is 3.60. The number of hydrogen-bond acceptors (Lipinski definition) is 7. The molecule has 0 amide bonds. The fraction of sp³-hybridized carbons (Fsp3) is 0.435. The van der Waals surface area contributed by atoms with E-state index in [1.165, 1.54) is 6.39 Å². The molecule has 30 heavy (non-hydrogen) atoms. The van der Waals surface area contributed by atoms with E-state index in [1.54, 1.807) is 13.8 Å². The number of nitrogens with zero attached hydrogens (tertiary/aromatic N) is 1. The third kappa shape index (κ3) is 3.42. The zero-order valence-electron chi connectivity index (χ0n) is 17.2. The minimum absolute atomic E-state index is 0.199. The smallest absolute Gasteiger partial charge is 0.384 e. The van der Waals surface area contributed by atoms with Crippen molar-refractivity contribution >= 4 is 11.8 Å². The van der Waals surface area contributed by atoms with E-state index in [1.807, 2.05) is 19.1 Å². The summed E-state index contributed by atoms with van der Waals surface area (Å²) in [5.41, 5.74) is 3.51. The molecule has 2 aliphatic rings. The molecule has 1 unspecified atom stereocenters. The van der Waals surface area contributed by atoms with E-state index in [0.29, 0.717) is 37.3 Å². The maximum atomic E-state index is 13.5. The van der Waals surface area contributed by atoms with E-state index in [4.69, 9.17) is 18.6 Å². The number of rotatable bonds is 4. The molecule has 2 heterocycles. The van der Waals surface area contributed by atoms with Gasteiger partial charge in [-0.25, -0.2) is 9.78 Å². The van der Waals surface area contributed by atoms with Crippen LogP contribution in [0.15, 0.2) is 22.9 Å². The average Bonchev–Trinajstić information content (AvgIpc) is 3.47. The Morgan fingerprint density at radius 3 is 2.73 bits per heavy atom. The number of carbonyl (C=O) groups excluding carboxylic acids is 2. The molecule has 1 aliphatic carbocycles. The molecule has 0 bridgehead atoms. The summed E-state index contributed by atoms with van der Waals surface area (Å²) in [7, 11) is 0. The van der Waals surface area contributed by atoms with Crippen LogP contribution in [-0.4, -0.2) is 36.6 Å². The number of fused-ring (bicyclic) bond motifs is 2. The van der Waals surface area contributed by atoms with Crippen LogP contribution in [0.5, 0.6) is 0 Å². The Morgan fingerprint density at radius 2 is 2.07 bits per heavy atom. The second-order valence-electron chi connectivity index (χ2n) is 7.31. The molecule has 1 aromatic heterocycles. The Labute approximate surface area is 174 Å². The summed E-state index contributed by atoms with van der Waals surface area (Å²) in [4.78, 5) is 29.2. The summed E-state index contributed by atoms with van der Waals surface area (Å²) in [5, 5.41) is 0. The SMILES string of the molecule is CCOC(=O)C#CC(C)c1ccc2c(c1C(=O)c1ocnc1C)CCC21OCCO1. The highest BCUT2D eigenvalue weighted by molar-refractivity contribution is 6.10. The van der Waals surface area contributed by atoms with E-state index in [0.717, 1.165) is 16.7 Å². The number of aromatic nitrogens is 1. The van der Waals surface area contributed by atoms with Gasteiger partial charge < -0.3 is 18.6 Å². The van der Waals surface area contributed by atoms with E-state index < -0.39 is 11.8 Å². The molecule has 1 aliphatic heterocycles. The highest BCUT2D eigenvalue weighted by Crippen LogP contribution is 2.46. The number of benzene rings is 1. The predicted molar refractivity (Wildman–Crippen MR) is 106 cm³/mol. The maximum absolute atomic E-state index is 13.5. The second kappa shape index (κ2) is 8.05. The highest BCUT2D eigenvalue weighted by atomic mass is 16.7. The lowest BCUT2D eigenvalue weighted by Gasteiger charge is -2.24. The first kappa shape index (κ1) is 20.3. The van der Waals surface area contributed by atoms with Gasteiger partial charge >= 0.3 is 5.97 Å². The van der Waals surface area contributed by atoms with Crippen LogP contribution >= 0.6 is 0 Å². The Hall–Kier alpha value is -2.95. The standard InChI is InChI=1S/C23H23NO6/c1-4-27-19(25)8-5-14(2)16-6-7-18-17(9-10-23(18)29-11-12-30-23)20(16)21(26)22-15(3)24-13-28-22/h6-7,13-14H,4,9-12H2,1-3H3. The Morgan fingerprint density at radius 1 is 1.30 bits per heavy atom. The van der Waals surface area contributed by atoms with Crippen LogP contribution in [0.2, 0.25) is 0 Å². The monoisotopic (exact) mass is 409 g/mol. The van der Waals surface area contributed by atoms with Crippen LogP contribution in [0.1, 0.15) is 64.7 Å². The van der Waals surface area contributed by atoms with Gasteiger partial charge in [-0.3, -0.25) is 4.79 Å². The molecule has 1 fully saturated rings. The van der Waals surface area contributed by atoms with Crippen LogP contribution in [0.25, 0.3) is 0 Å². The van der Waals surface area contributed by atoms with Gasteiger partial charge in [-0.2, -0.15) is 0 Å². The van der Waals surface area contributed by atoms with Crippen molar-refractivity contribution in [1.82, 2.24) is 4.98 Å². The van der Waals surface area contributed by atoms with Crippen LogP contribution in [0.4, 0.5) is 0 Å². The second-order valence-corrected chi connectivity index (χ2v) is 7.31. The number of ketones is 1. The van der Waals surface area contributed by atoms with Crippen molar-refractivity contribution in [3.8, 4) is 11.8 Å². The summed E-state index contributed by atoms with van der Waals surface area (Å²) >= 11 is 0. The molecule has 0 saturated carbocycles. The van der Waals surface area contributed by atoms with Gasteiger partial charge in [0.25, 0.3) is 0 Å². The first-order valence-corrected chi connectivity index (χ1v) is 10.0. The van der Waals surface area contributed by atoms with Gasteiger partial charge in [0.2, 0.25) is 5.78 Å². The van der Waals surface area contributed by atoms with Gasteiger partial charge in [-0.05, 0) is 38.3 Å². The molecular weight excluding hydrogens is 386 g/mol. The van der Waals surface area contributed by atoms with Crippen LogP contribution < -0.4 is 0 Å². The summed E-state index contributed by atoms with van der Waals surface area (Å²) in [6.07, 6.45) is 2.54. The van der Waals surface area contributed by atoms with Gasteiger partial charge in [0.05, 0.1) is 25.5 Å². The molecule has 1 aromatic carbocycles. The first-order valence-electron chi connectivity index (χ1n) is 10.0. The quantitative estimate of drug-likeness (QED) is 0.332. The minimum atomic E-state index is -0.792. The van der Waals surface area contributed by atoms with Gasteiger partial charge in [0.1, 0.15) is 0 Å². The number of ether oxygens (including phenoxy) is 3. The average molecular weight is 409 g/mol. The first-order chi connectivity index (χ1) is 14.5. The molecule has 156 valence electrons. The van der Waals surface area contributed by atoms with Crippen molar-refractivity contribution in [2.75, 3.05) is 19.8 Å². The van der Waals surface area contributed by atoms with Crippen molar-refractivity contribution in [3.63, 3.8) is 0 Å². The summed E-state index contributed by atoms with van der Waals surface area (Å²) < 4.78 is 22.1. The van der Waals surface area contributed by atoms with Crippen molar-refractivity contribution < 1.29 is 28.2 Å². The number of esters is 1. The lowest BCUT2D eigenvalue weighted by atomic mass is 9.87. The van der Waals surface area contributed by atoms with Crippen molar-refractivity contribution in [1.29, 1.82) is 0 Å². The van der Waals surface area contributed by atoms with Gasteiger partial charge in [0, 0.05) is 29.4 Å². The maximum Gasteiger partial charge on any atom is 0.384 e. The van der Waals surface area contributed by atoms with Crippen molar-refractivity contribution in [2.24, 2.45) is 0 Å². The molecule has 0 radical (unpaired) electrons. The summed E-state index contributed by atoms with van der Waals surface area (Å²) in [6.45, 7) is 6.61. The molecule has 4 rings (SSSR count). The largest absolute Gasteiger partial charge is 0.456 e. The molecular formula is C23H23NO6. The van der Waals surface area contributed by atoms with E-state index in [-0.39, 0.29) is 24.1 Å². The van der Waals surface area contributed by atoms with Crippen molar-refractivity contribution in [3.05, 3.63) is 52.2 Å². The molecule has 0 N–H and O–H groups in total. The van der Waals surface area contributed by atoms with Crippen LogP contribution in [0, 0.1) is 18.8 Å². The van der Waals surface area contributed by atoms with E-state index in [2.05, 4.69) is 16.8 Å². The third-order valence-corrected chi connectivity index (χ3v) is 5.52. The molecule has 1 spiro atoms. The van der Waals surface area contributed by atoms with Gasteiger partial charge in [-0.1, -0.05) is 18.1 Å². The molecule has 1 saturated heterocycles. The molecule has 7 nitrogen and oxygen atoms in total. The summed E-state index contributed by atoms with van der Waals surface area (Å²) in [6, 6.07) is 3.80. The number of hydrogen-bond donors (Lipinski definition) is 0. The zero-order chi connectivity index (χ0) is 21.3. The predicted octanol–water partition coefficient (Wildman–Crippen LogP) is 3.03. The fourth-order valence-electron chi connectivity index (χ4n) is 4.14. The lowest BCUT2D eigenvalue weighted by molar-refractivity contribution is -0.163. The topological polar surface area (TPSA) is 87.9 Å². The van der Waals surface area contributed by atoms with Crippen LogP contribution in [0.3, 0.4) is 0 Å². The van der Waals surface area contributed by atoms with E-state index in [9.17, 15) is 9.59 Å². The molecule has 1 atom stereocenters. The molecule has 7 heteroatoms. The lowest BCUT2D eigenvalue weighted by Crippen LogP contribution is -2.24. The normalized spacial score (nSPS) is 17.3. The Bertz CT molecular complexity index is 1050. The highest BCUT2D eigenvalue weighted by Gasteiger charge is 2.46. The number of carbonyl (C=O) groups is 2. The zero-order valence-corrected chi connectivity index (χ0v) is 17.2. The number of oxazole rings is 1. The van der Waals surface area contributed by atoms with Gasteiger partial charge in [-0.15, -0.1) is 0 Å². The Kier molecular flexibility index (Phi) is 5.46. The molecule has 2 aromatic rings. The van der Waals surface area contributed by atoms with Crippen molar-refractivity contribution in [2.45, 2.75) is 45.3 Å². The minimum Gasteiger partial charge on any atom is -0.456 e. The fourth-order valence-corrected chi connectivity index (χ4v) is 4.14. The number of aryl methyl sites for hydroxylation is 1. The third-order valence-electron chi connectivity index (χ3n) is 5.52. The van der Waals surface area contributed by atoms with Gasteiger partial charge in [0.15, 0.2) is 17.9 Å². The van der Waals surface area contributed by atoms with Crippen LogP contribution in [-0.2, 0) is 31.2 Å².